The van der Waals surface area contributed by atoms with Crippen LogP contribution in [0.1, 0.15) is 77.5 Å². The van der Waals surface area contributed by atoms with Gasteiger partial charge in [-0.15, -0.1) is 8.80 Å². The van der Waals surface area contributed by atoms with Crippen LogP contribution in [0.25, 0.3) is 0 Å². The van der Waals surface area contributed by atoms with Crippen molar-refractivity contribution in [2.75, 3.05) is 45.4 Å². The van der Waals surface area contributed by atoms with Crippen LogP contribution < -0.4 is 21.3 Å². The molecule has 2 atom stereocenters. The zero-order valence-electron chi connectivity index (χ0n) is 36.9. The molecule has 0 spiro atoms. The summed E-state index contributed by atoms with van der Waals surface area (Å²) in [6.45, 7) is 5.43. The predicted octanol–water partition coefficient (Wildman–Crippen LogP) is 5.59. The number of anilines is 2. The third-order valence-corrected chi connectivity index (χ3v) is 12.1. The number of rotatable bonds is 14. The molecule has 0 unspecified atom stereocenters. The number of para-hydroxylation sites is 2. The predicted molar refractivity (Wildman–Crippen MR) is 249 cm³/mol. The first kappa shape index (κ1) is 48.8. The SMILES string of the molecule is CCOC(=O)C1=C(N[C@H](CC)c2ccccc2)C(Nc2cccc(C(=O)N(C)C)c2O)=NS1(=O)=O.CC[C@@H](NC1=CS(=O)(=O)N=C1Nc1cccc(C(=O)N(C)C)c1O)c1ccccc1. The Hall–Kier alpha value is -7.19. The van der Waals surface area contributed by atoms with E-state index >= 15 is 0 Å². The zero-order valence-corrected chi connectivity index (χ0v) is 38.5. The summed E-state index contributed by atoms with van der Waals surface area (Å²) in [7, 11) is -1.97. The molecular weight excluding hydrogens is 877 g/mol. The van der Waals surface area contributed by atoms with Crippen molar-refractivity contribution in [2.45, 2.75) is 45.7 Å². The highest BCUT2D eigenvalue weighted by Crippen LogP contribution is 2.34. The molecule has 344 valence electrons. The lowest BCUT2D eigenvalue weighted by atomic mass is 10.0. The van der Waals surface area contributed by atoms with Crippen molar-refractivity contribution in [3.05, 3.63) is 141 Å². The Morgan fingerprint density at radius 1 is 0.631 bits per heavy atom. The second-order valence-corrected chi connectivity index (χ2v) is 17.9. The molecule has 0 fully saturated rings. The maximum Gasteiger partial charge on any atom is 0.354 e. The Morgan fingerprint density at radius 3 is 1.54 bits per heavy atom. The van der Waals surface area contributed by atoms with Crippen molar-refractivity contribution in [1.29, 1.82) is 0 Å². The molecule has 0 aliphatic carbocycles. The summed E-state index contributed by atoms with van der Waals surface area (Å²) in [6.07, 6.45) is 1.28. The van der Waals surface area contributed by atoms with E-state index in [0.29, 0.717) is 12.8 Å². The quantitative estimate of drug-likeness (QED) is 0.0667. The Kier molecular flexibility index (Phi) is 15.8. The van der Waals surface area contributed by atoms with Gasteiger partial charge in [-0.3, -0.25) is 9.59 Å². The van der Waals surface area contributed by atoms with E-state index in [1.807, 2.05) is 74.5 Å². The number of carbonyl (C=O) groups excluding carboxylic acids is 3. The number of nitrogens with one attached hydrogen (secondary N) is 4. The maximum atomic E-state index is 12.9. The molecule has 0 bridgehead atoms. The summed E-state index contributed by atoms with van der Waals surface area (Å²) in [6, 6.07) is 27.6. The molecule has 0 saturated carbocycles. The lowest BCUT2D eigenvalue weighted by molar-refractivity contribution is -0.137. The van der Waals surface area contributed by atoms with Crippen LogP contribution in [0.2, 0.25) is 0 Å². The number of aromatic hydroxyl groups is 2. The first-order chi connectivity index (χ1) is 30.8. The summed E-state index contributed by atoms with van der Waals surface area (Å²) >= 11 is 0. The van der Waals surface area contributed by atoms with Crippen LogP contribution in [0.5, 0.6) is 11.5 Å². The standard InChI is InChI=1S/C24H28N4O6S.C21H24N4O4S/c1-5-17(15-11-8-7-9-12-15)25-19-21(24(31)34-6-2)35(32,33)27-22(19)26-18-14-10-13-16(20(18)29)23(30)28(3)4;1-4-16(14-9-6-5-7-10-14)22-18-13-30(28,29)24-20(18)23-17-12-8-11-15(19(17)26)21(27)25(2)3/h7-14,17,25,29H,5-6H2,1-4H3,(H,26,27);5-13,16,22,26H,4H2,1-3H3,(H,23,24)/t17-;16-/m11/s1. The molecule has 0 aromatic heterocycles. The van der Waals surface area contributed by atoms with Gasteiger partial charge in [0.1, 0.15) is 5.70 Å². The van der Waals surface area contributed by atoms with Gasteiger partial charge in [-0.05, 0) is 55.2 Å². The molecular formula is C45H52N8O10S2. The van der Waals surface area contributed by atoms with Crippen LogP contribution in [-0.2, 0) is 29.6 Å². The van der Waals surface area contributed by atoms with E-state index in [4.69, 9.17) is 4.74 Å². The van der Waals surface area contributed by atoms with Gasteiger partial charge in [-0.1, -0.05) is 86.6 Å². The van der Waals surface area contributed by atoms with Gasteiger partial charge >= 0.3 is 5.97 Å². The van der Waals surface area contributed by atoms with E-state index in [1.165, 1.54) is 34.1 Å². The first-order valence-corrected chi connectivity index (χ1v) is 23.3. The molecule has 20 heteroatoms. The number of benzene rings is 4. The van der Waals surface area contributed by atoms with Gasteiger partial charge in [-0.2, -0.15) is 16.8 Å². The molecule has 0 radical (unpaired) electrons. The van der Waals surface area contributed by atoms with Crippen molar-refractivity contribution in [3.8, 4) is 11.5 Å². The number of hydrogen-bond donors (Lipinski definition) is 6. The summed E-state index contributed by atoms with van der Waals surface area (Å²) in [5.74, 6) is -2.67. The second kappa shape index (κ2) is 21.0. The minimum atomic E-state index is -4.40. The fraction of sp³-hybridized carbons (Fsp3) is 0.267. The Bertz CT molecular complexity index is 2770. The van der Waals surface area contributed by atoms with Crippen LogP contribution in [0.3, 0.4) is 0 Å². The molecule has 2 aliphatic rings. The van der Waals surface area contributed by atoms with Gasteiger partial charge in [0.2, 0.25) is 4.91 Å². The van der Waals surface area contributed by atoms with E-state index in [2.05, 4.69) is 30.1 Å². The van der Waals surface area contributed by atoms with Gasteiger partial charge in [-0.25, -0.2) is 4.79 Å². The Labute approximate surface area is 378 Å². The number of amidine groups is 2. The summed E-state index contributed by atoms with van der Waals surface area (Å²) in [5.41, 5.74) is 2.42. The molecule has 4 aromatic rings. The van der Waals surface area contributed by atoms with E-state index < -0.39 is 36.8 Å². The third kappa shape index (κ3) is 11.7. The molecule has 2 aliphatic heterocycles. The fourth-order valence-corrected chi connectivity index (χ4v) is 8.70. The van der Waals surface area contributed by atoms with Crippen molar-refractivity contribution >= 4 is 60.9 Å². The minimum absolute atomic E-state index is 0.0151. The average molecular weight is 929 g/mol. The van der Waals surface area contributed by atoms with Crippen molar-refractivity contribution < 1.29 is 46.2 Å². The highest BCUT2D eigenvalue weighted by Gasteiger charge is 2.40. The molecule has 6 N–H and O–H groups in total. The van der Waals surface area contributed by atoms with Crippen LogP contribution in [0.4, 0.5) is 11.4 Å². The van der Waals surface area contributed by atoms with E-state index in [1.54, 1.807) is 47.2 Å². The molecule has 18 nitrogen and oxygen atoms in total. The number of phenolic OH excluding ortho intramolecular Hbond substituents is 2. The number of sulfonamides is 2. The minimum Gasteiger partial charge on any atom is -0.505 e. The van der Waals surface area contributed by atoms with Crippen LogP contribution in [0, 0.1) is 0 Å². The van der Waals surface area contributed by atoms with Crippen LogP contribution >= 0.6 is 0 Å². The van der Waals surface area contributed by atoms with E-state index in [9.17, 15) is 41.4 Å². The number of phenols is 2. The monoisotopic (exact) mass is 928 g/mol. The third-order valence-electron chi connectivity index (χ3n) is 9.85. The fourth-order valence-electron chi connectivity index (χ4n) is 6.62. The van der Waals surface area contributed by atoms with Crippen molar-refractivity contribution in [1.82, 2.24) is 20.4 Å². The molecule has 2 heterocycles. The molecule has 0 saturated heterocycles. The molecule has 6 rings (SSSR count). The number of ether oxygens (including phenoxy) is 1. The highest BCUT2D eigenvalue weighted by molar-refractivity contribution is 7.95. The van der Waals surface area contributed by atoms with Crippen molar-refractivity contribution in [3.63, 3.8) is 0 Å². The highest BCUT2D eigenvalue weighted by atomic mass is 32.2. The van der Waals surface area contributed by atoms with Crippen LogP contribution in [-0.4, -0.2) is 101 Å². The van der Waals surface area contributed by atoms with Gasteiger partial charge in [0.25, 0.3) is 31.9 Å². The molecule has 4 aromatic carbocycles. The molecule has 2 amide bonds. The number of carbonyl (C=O) groups is 3. The topological polar surface area (TPSA) is 248 Å². The Balaban J connectivity index is 0.000000247. The lowest BCUT2D eigenvalue weighted by Gasteiger charge is -2.22. The second-order valence-electron chi connectivity index (χ2n) is 14.9. The smallest absolute Gasteiger partial charge is 0.354 e. The number of nitrogens with zero attached hydrogens (tertiary/aromatic N) is 4. The van der Waals surface area contributed by atoms with E-state index in [-0.39, 0.29) is 81.7 Å². The average Bonchev–Trinajstić information content (AvgIpc) is 3.71. The van der Waals surface area contributed by atoms with Crippen LogP contribution in [0.15, 0.2) is 128 Å². The normalized spacial score (nSPS) is 15.5. The summed E-state index contributed by atoms with van der Waals surface area (Å²) in [4.78, 5) is 39.3. The van der Waals surface area contributed by atoms with Crippen molar-refractivity contribution in [2.24, 2.45) is 8.80 Å². The zero-order chi connectivity index (χ0) is 47.6. The Morgan fingerprint density at radius 2 is 1.09 bits per heavy atom. The maximum absolute atomic E-state index is 12.9. The van der Waals surface area contributed by atoms with Gasteiger partial charge in [0, 0.05) is 28.2 Å². The lowest BCUT2D eigenvalue weighted by Crippen LogP contribution is -2.30. The first-order valence-electron chi connectivity index (χ1n) is 20.4. The molecule has 65 heavy (non-hydrogen) atoms. The number of amides is 2. The largest absolute Gasteiger partial charge is 0.505 e. The van der Waals surface area contributed by atoms with Gasteiger partial charge < -0.3 is 46.0 Å². The van der Waals surface area contributed by atoms with Gasteiger partial charge in [0.15, 0.2) is 23.2 Å². The summed E-state index contributed by atoms with van der Waals surface area (Å²) in [5, 5.41) is 34.3. The number of esters is 1. The van der Waals surface area contributed by atoms with Gasteiger partial charge in [0.05, 0.1) is 52.3 Å². The number of hydrogen-bond acceptors (Lipinski definition) is 14. The van der Waals surface area contributed by atoms with E-state index in [0.717, 1.165) is 16.5 Å². The summed E-state index contributed by atoms with van der Waals surface area (Å²) < 4.78 is 62.5.